The molecule has 0 amide bonds. The van der Waals surface area contributed by atoms with Crippen molar-refractivity contribution in [2.75, 3.05) is 98.5 Å². The topological polar surface area (TPSA) is 83.1 Å². The van der Waals surface area contributed by atoms with Gasteiger partial charge in [-0.2, -0.15) is 0 Å². The first-order chi connectivity index (χ1) is 16.3. The van der Waals surface area contributed by atoms with E-state index in [2.05, 4.69) is 0 Å². The highest BCUT2D eigenvalue weighted by atomic mass is 33.5. The van der Waals surface area contributed by atoms with E-state index in [0.29, 0.717) is 0 Å². The Balaban J connectivity index is 2.38. The molecule has 0 aromatic heterocycles. The lowest BCUT2D eigenvalue weighted by molar-refractivity contribution is 0.150. The molecule has 0 aliphatic carbocycles. The van der Waals surface area contributed by atoms with Gasteiger partial charge in [-0.25, -0.2) is 0 Å². The fourth-order valence-electron chi connectivity index (χ4n) is 5.69. The smallest absolute Gasteiger partial charge is 0.369 e. The summed E-state index contributed by atoms with van der Waals surface area (Å²) in [5, 5.41) is 0. The number of rotatable bonds is 15. The average Bonchev–Trinajstić information content (AvgIpc) is 2.80. The molecule has 0 spiro atoms. The maximum atomic E-state index is 6.34. The van der Waals surface area contributed by atoms with Crippen LogP contribution in [-0.2, 0) is 39.8 Å². The molecular formula is C18H45O9PS3Si3. The van der Waals surface area contributed by atoms with Crippen LogP contribution in [0.1, 0.15) is 19.3 Å². The highest BCUT2D eigenvalue weighted by Crippen LogP contribution is 3.14. The first-order valence-corrected chi connectivity index (χ1v) is 27.8. The standard InChI is InChI=1S/C18H45O9PS3Si3/c1-19-32(20-2,21-3)29(13-10-14-29)28(30(15-11-16-30)33(22-4,23-5)24-6)31(17-12-18-31)34(25-7,26-8)27-9/h10-18H2,1-9H3. The van der Waals surface area contributed by atoms with Crippen LogP contribution < -0.4 is 0 Å². The predicted octanol–water partition coefficient (Wildman–Crippen LogP) is 3.96. The van der Waals surface area contributed by atoms with Gasteiger partial charge in [-0.3, -0.25) is 0 Å². The van der Waals surface area contributed by atoms with Gasteiger partial charge in [0.1, 0.15) is 0 Å². The van der Waals surface area contributed by atoms with Crippen molar-refractivity contribution in [1.82, 2.24) is 0 Å². The molecule has 3 fully saturated rings. The van der Waals surface area contributed by atoms with Crippen LogP contribution in [0.4, 0.5) is 0 Å². The molecule has 3 aliphatic rings. The van der Waals surface area contributed by atoms with Crippen LogP contribution in [-0.4, -0.2) is 122 Å². The molecule has 34 heavy (non-hydrogen) atoms. The lowest BCUT2D eigenvalue weighted by Gasteiger charge is -2.76. The van der Waals surface area contributed by atoms with Gasteiger partial charge >= 0.3 is 23.9 Å². The van der Waals surface area contributed by atoms with Crippen LogP contribution >= 0.6 is 32.8 Å². The minimum atomic E-state index is -3.00. The highest BCUT2D eigenvalue weighted by Gasteiger charge is 2.80. The second-order valence-electron chi connectivity index (χ2n) is 8.37. The van der Waals surface area contributed by atoms with Gasteiger partial charge in [0.15, 0.2) is 0 Å². The van der Waals surface area contributed by atoms with Crippen LogP contribution in [0.3, 0.4) is 0 Å². The summed E-state index contributed by atoms with van der Waals surface area (Å²) >= 11 is 0. The molecule has 3 heterocycles. The molecule has 0 radical (unpaired) electrons. The molecule has 0 unspecified atom stereocenters. The van der Waals surface area contributed by atoms with E-state index in [1.807, 2.05) is 0 Å². The SMILES string of the molecule is CO[Si](OC)(OC)S1(P(S2([Si](OC)(OC)OC)CCC2)S2([Si](OC)(OC)OC)CCC2)CCC1. The fourth-order valence-corrected chi connectivity index (χ4v) is 122. The Morgan fingerprint density at radius 2 is 0.559 bits per heavy atom. The average molecular weight is 617 g/mol. The van der Waals surface area contributed by atoms with Gasteiger partial charge in [0.05, 0.1) is 0 Å². The largest absolute Gasteiger partial charge is 0.560 e. The monoisotopic (exact) mass is 616 g/mol. The molecule has 3 saturated heterocycles. The van der Waals surface area contributed by atoms with Gasteiger partial charge in [-0.05, 0) is 53.8 Å². The summed E-state index contributed by atoms with van der Waals surface area (Å²) in [4.78, 5) is 0. The summed E-state index contributed by atoms with van der Waals surface area (Å²) in [7, 11) is 2.57. The third-order valence-electron chi connectivity index (χ3n) is 7.39. The van der Waals surface area contributed by atoms with Gasteiger partial charge < -0.3 is 39.8 Å². The Morgan fingerprint density at radius 1 is 0.382 bits per heavy atom. The molecule has 3 rings (SSSR count). The Kier molecular flexibility index (Phi) is 10.2. The maximum absolute atomic E-state index is 6.34. The summed E-state index contributed by atoms with van der Waals surface area (Å²) in [5.74, 6) is 6.54. The highest BCUT2D eigenvalue weighted by molar-refractivity contribution is 9.42. The van der Waals surface area contributed by atoms with Gasteiger partial charge in [-0.15, -0.1) is 27.3 Å². The van der Waals surface area contributed by atoms with Gasteiger partial charge in [0.25, 0.3) is 0 Å². The summed E-state index contributed by atoms with van der Waals surface area (Å²) in [6.45, 7) is 0. The molecule has 9 nitrogen and oxygen atoms in total. The molecule has 3 aliphatic heterocycles. The molecule has 0 N–H and O–H groups in total. The van der Waals surface area contributed by atoms with Crippen molar-refractivity contribution in [3.63, 3.8) is 0 Å². The van der Waals surface area contributed by atoms with Crippen molar-refractivity contribution < 1.29 is 39.8 Å². The van der Waals surface area contributed by atoms with E-state index in [-0.39, 0.29) is 0 Å². The minimum Gasteiger partial charge on any atom is -0.369 e. The van der Waals surface area contributed by atoms with Gasteiger partial charge in [0.2, 0.25) is 0 Å². The Labute approximate surface area is 213 Å². The Bertz CT molecular complexity index is 574. The van der Waals surface area contributed by atoms with Gasteiger partial charge in [0, 0.05) is 69.5 Å². The zero-order valence-electron chi connectivity index (χ0n) is 22.2. The molecule has 0 bridgehead atoms. The van der Waals surface area contributed by atoms with Crippen molar-refractivity contribution >= 4 is 56.7 Å². The van der Waals surface area contributed by atoms with Crippen LogP contribution in [0, 0.1) is 0 Å². The van der Waals surface area contributed by atoms with Crippen LogP contribution in [0.25, 0.3) is 0 Å². The van der Waals surface area contributed by atoms with Crippen molar-refractivity contribution in [2.24, 2.45) is 0 Å². The third kappa shape index (κ3) is 3.79. The van der Waals surface area contributed by atoms with Crippen LogP contribution in [0.5, 0.6) is 0 Å². The second-order valence-corrected chi connectivity index (χ2v) is 49.3. The van der Waals surface area contributed by atoms with E-state index < -0.39 is 56.7 Å². The number of hydrogen-bond acceptors (Lipinski definition) is 9. The molecular weight excluding hydrogens is 572 g/mol. The van der Waals surface area contributed by atoms with E-state index in [1.165, 1.54) is 0 Å². The Hall–Kier alpha value is 1.77. The zero-order chi connectivity index (χ0) is 25.3. The molecule has 206 valence electrons. The summed E-state index contributed by atoms with van der Waals surface area (Å²) in [6, 6.07) is 0. The van der Waals surface area contributed by atoms with E-state index in [0.717, 1.165) is 53.8 Å². The maximum Gasteiger partial charge on any atom is 0.560 e. The summed E-state index contributed by atoms with van der Waals surface area (Å²) in [6.07, 6.45) is 3.48. The van der Waals surface area contributed by atoms with Crippen molar-refractivity contribution in [3.05, 3.63) is 0 Å². The van der Waals surface area contributed by atoms with Crippen molar-refractivity contribution in [3.8, 4) is 0 Å². The molecule has 0 atom stereocenters. The van der Waals surface area contributed by atoms with Crippen molar-refractivity contribution in [2.45, 2.75) is 19.3 Å². The minimum absolute atomic E-state index is 0.743. The predicted molar refractivity (Wildman–Crippen MR) is 153 cm³/mol. The zero-order valence-corrected chi connectivity index (χ0v) is 28.6. The molecule has 16 heteroatoms. The lowest BCUT2D eigenvalue weighted by Crippen LogP contribution is -2.61. The van der Waals surface area contributed by atoms with E-state index in [4.69, 9.17) is 39.8 Å². The first-order valence-electron chi connectivity index (χ1n) is 11.4. The molecule has 0 saturated carbocycles. The van der Waals surface area contributed by atoms with Crippen molar-refractivity contribution in [1.29, 1.82) is 0 Å². The van der Waals surface area contributed by atoms with E-state index in [9.17, 15) is 0 Å². The van der Waals surface area contributed by atoms with Gasteiger partial charge in [-0.1, -0.05) is 0 Å². The quantitative estimate of drug-likeness (QED) is 0.201. The second kappa shape index (κ2) is 11.5. The lowest BCUT2D eigenvalue weighted by atomic mass is 10.5. The Morgan fingerprint density at radius 3 is 0.647 bits per heavy atom. The van der Waals surface area contributed by atoms with Crippen LogP contribution in [0.2, 0.25) is 0 Å². The van der Waals surface area contributed by atoms with E-state index >= 15 is 0 Å². The number of hydrogen-bond donors (Lipinski definition) is 0. The van der Waals surface area contributed by atoms with E-state index in [1.54, 1.807) is 64.0 Å². The molecule has 0 aromatic rings. The summed E-state index contributed by atoms with van der Waals surface area (Å²) < 4.78 is 57.1. The van der Waals surface area contributed by atoms with Crippen LogP contribution in [0.15, 0.2) is 0 Å². The fraction of sp³-hybridized carbons (Fsp3) is 1.00. The summed E-state index contributed by atoms with van der Waals surface area (Å²) in [5.41, 5.74) is -0.743. The first kappa shape index (κ1) is 30.3. The normalized spacial score (nSPS) is 26.6. The third-order valence-corrected chi connectivity index (χ3v) is 80.7. The molecule has 0 aromatic carbocycles.